The van der Waals surface area contributed by atoms with Gasteiger partial charge >= 0.3 is 20.0 Å². The number of unbranched alkanes of at least 4 members (excludes halogenated alkanes) is 1. The Kier molecular flexibility index (Phi) is 11.5. The van der Waals surface area contributed by atoms with E-state index in [4.69, 9.17) is 14.0 Å². The van der Waals surface area contributed by atoms with E-state index in [1.807, 2.05) is 67.6 Å². The number of hydrogen-bond donors (Lipinski definition) is 0. The Morgan fingerprint density at radius 3 is 2.06 bits per heavy atom. The molecular weight excluding hydrogens is 415 g/mol. The maximum atomic E-state index is 12.6. The Morgan fingerprint density at radius 2 is 1.48 bits per heavy atom. The zero-order valence-corrected chi connectivity index (χ0v) is 18.8. The number of rotatable bonds is 14. The van der Waals surface area contributed by atoms with Crippen molar-refractivity contribution < 1.29 is 28.2 Å². The lowest BCUT2D eigenvalue weighted by Gasteiger charge is -2.12. The summed E-state index contributed by atoms with van der Waals surface area (Å²) in [6.45, 7) is 2.71. The molecule has 166 valence electrons. The standard InChI is InChI=1S/C24H30O6P/c1-2-3-16-30-31(27)19-22(24(26)29-18-21-12-8-5-9-13-21)14-15-23(25)28-17-20-10-6-4-7-11-20/h4-13,22H,2-3,14-19H2,1H3/q+1. The molecule has 0 aliphatic heterocycles. The van der Waals surface area contributed by atoms with Gasteiger partial charge in [0.1, 0.15) is 25.7 Å². The largest absolute Gasteiger partial charge is 0.508 e. The summed E-state index contributed by atoms with van der Waals surface area (Å²) in [6.07, 6.45) is 1.99. The van der Waals surface area contributed by atoms with Gasteiger partial charge in [-0.25, -0.2) is 0 Å². The van der Waals surface area contributed by atoms with Gasteiger partial charge in [0.15, 0.2) is 6.16 Å². The fourth-order valence-electron chi connectivity index (χ4n) is 2.78. The molecule has 6 nitrogen and oxygen atoms in total. The number of ether oxygens (including phenoxy) is 2. The van der Waals surface area contributed by atoms with E-state index in [0.29, 0.717) is 6.61 Å². The van der Waals surface area contributed by atoms with E-state index >= 15 is 0 Å². The van der Waals surface area contributed by atoms with E-state index in [-0.39, 0.29) is 32.2 Å². The first-order chi connectivity index (χ1) is 15.1. The van der Waals surface area contributed by atoms with Crippen molar-refractivity contribution in [2.75, 3.05) is 12.8 Å². The number of esters is 2. The van der Waals surface area contributed by atoms with E-state index in [1.165, 1.54) is 0 Å². The highest BCUT2D eigenvalue weighted by molar-refractivity contribution is 7.39. The van der Waals surface area contributed by atoms with Gasteiger partial charge in [0.25, 0.3) is 0 Å². The van der Waals surface area contributed by atoms with Crippen LogP contribution in [-0.2, 0) is 41.4 Å². The third kappa shape index (κ3) is 10.3. The highest BCUT2D eigenvalue weighted by Gasteiger charge is 2.32. The van der Waals surface area contributed by atoms with E-state index < -0.39 is 25.9 Å². The molecule has 0 saturated heterocycles. The highest BCUT2D eigenvalue weighted by Crippen LogP contribution is 2.29. The molecule has 0 radical (unpaired) electrons. The second-order valence-corrected chi connectivity index (χ2v) is 8.47. The third-order valence-corrected chi connectivity index (χ3v) is 5.81. The molecule has 0 spiro atoms. The van der Waals surface area contributed by atoms with Crippen LogP contribution in [0.2, 0.25) is 0 Å². The Labute approximate surface area is 184 Å². The maximum absolute atomic E-state index is 12.6. The summed E-state index contributed by atoms with van der Waals surface area (Å²) >= 11 is 0. The van der Waals surface area contributed by atoms with E-state index in [2.05, 4.69) is 0 Å². The fraction of sp³-hybridized carbons (Fsp3) is 0.417. The topological polar surface area (TPSA) is 78.9 Å². The van der Waals surface area contributed by atoms with Gasteiger partial charge in [-0.2, -0.15) is 0 Å². The van der Waals surface area contributed by atoms with Gasteiger partial charge in [-0.1, -0.05) is 74.0 Å². The molecule has 0 bridgehead atoms. The zero-order valence-electron chi connectivity index (χ0n) is 17.9. The molecule has 0 fully saturated rings. The molecular formula is C24H30O6P+. The van der Waals surface area contributed by atoms with Crippen molar-refractivity contribution in [2.24, 2.45) is 5.92 Å². The second-order valence-electron chi connectivity index (χ2n) is 7.18. The number of benzene rings is 2. The van der Waals surface area contributed by atoms with Crippen molar-refractivity contribution in [1.82, 2.24) is 0 Å². The first-order valence-corrected chi connectivity index (χ1v) is 11.9. The van der Waals surface area contributed by atoms with Crippen LogP contribution in [0, 0.1) is 5.92 Å². The summed E-state index contributed by atoms with van der Waals surface area (Å²) < 4.78 is 28.3. The lowest BCUT2D eigenvalue weighted by atomic mass is 10.1. The van der Waals surface area contributed by atoms with E-state index in [0.717, 1.165) is 24.0 Å². The first kappa shape index (κ1) is 24.7. The van der Waals surface area contributed by atoms with Gasteiger partial charge in [-0.15, -0.1) is 4.52 Å². The number of carbonyl (C=O) groups excluding carboxylic acids is 2. The molecule has 2 unspecified atom stereocenters. The first-order valence-electron chi connectivity index (χ1n) is 10.6. The molecule has 0 aliphatic carbocycles. The van der Waals surface area contributed by atoms with Gasteiger partial charge in [0, 0.05) is 6.42 Å². The Hall–Kier alpha value is -2.56. The summed E-state index contributed by atoms with van der Waals surface area (Å²) in [5.41, 5.74) is 1.75. The quantitative estimate of drug-likeness (QED) is 0.219. The Balaban J connectivity index is 1.86. The van der Waals surface area contributed by atoms with Gasteiger partial charge in [-0.3, -0.25) is 9.59 Å². The second kappa shape index (κ2) is 14.4. The van der Waals surface area contributed by atoms with Crippen molar-refractivity contribution in [3.05, 3.63) is 71.8 Å². The van der Waals surface area contributed by atoms with Crippen LogP contribution in [0.25, 0.3) is 0 Å². The SMILES string of the molecule is CCCCO[P+](=O)CC(CCC(=O)OCc1ccccc1)C(=O)OCc1ccccc1. The minimum absolute atomic E-state index is 0.0264. The molecule has 2 aromatic carbocycles. The van der Waals surface area contributed by atoms with Crippen molar-refractivity contribution in [1.29, 1.82) is 0 Å². The molecule has 0 aliphatic rings. The normalized spacial score (nSPS) is 12.1. The van der Waals surface area contributed by atoms with Gasteiger partial charge in [0.2, 0.25) is 0 Å². The lowest BCUT2D eigenvalue weighted by Crippen LogP contribution is -2.22. The predicted molar refractivity (Wildman–Crippen MR) is 119 cm³/mol. The molecule has 7 heteroatoms. The molecule has 0 amide bonds. The summed E-state index contributed by atoms with van der Waals surface area (Å²) in [4.78, 5) is 24.8. The number of hydrogen-bond acceptors (Lipinski definition) is 6. The Morgan fingerprint density at radius 1 is 0.903 bits per heavy atom. The molecule has 2 atom stereocenters. The Bertz CT molecular complexity index is 809. The van der Waals surface area contributed by atoms with Crippen LogP contribution in [-0.4, -0.2) is 24.7 Å². The smallest absolute Gasteiger partial charge is 0.461 e. The van der Waals surface area contributed by atoms with Crippen LogP contribution in [0.5, 0.6) is 0 Å². The van der Waals surface area contributed by atoms with Crippen LogP contribution < -0.4 is 0 Å². The minimum atomic E-state index is -2.01. The maximum Gasteiger partial charge on any atom is 0.508 e. The van der Waals surface area contributed by atoms with Crippen LogP contribution in [0.3, 0.4) is 0 Å². The summed E-state index contributed by atoms with van der Waals surface area (Å²) in [5.74, 6) is -1.59. The van der Waals surface area contributed by atoms with E-state index in [9.17, 15) is 14.2 Å². The molecule has 0 N–H and O–H groups in total. The van der Waals surface area contributed by atoms with Crippen molar-refractivity contribution in [3.63, 3.8) is 0 Å². The van der Waals surface area contributed by atoms with Gasteiger partial charge in [0.05, 0.1) is 0 Å². The third-order valence-electron chi connectivity index (χ3n) is 4.60. The average molecular weight is 445 g/mol. The van der Waals surface area contributed by atoms with Gasteiger partial charge in [-0.05, 0) is 28.5 Å². The van der Waals surface area contributed by atoms with Crippen molar-refractivity contribution in [2.45, 2.75) is 45.8 Å². The lowest BCUT2D eigenvalue weighted by molar-refractivity contribution is -0.150. The molecule has 0 saturated carbocycles. The van der Waals surface area contributed by atoms with E-state index in [1.54, 1.807) is 0 Å². The summed E-state index contributed by atoms with van der Waals surface area (Å²) in [7, 11) is -2.01. The minimum Gasteiger partial charge on any atom is -0.461 e. The molecule has 0 aromatic heterocycles. The average Bonchev–Trinajstić information content (AvgIpc) is 2.80. The predicted octanol–water partition coefficient (Wildman–Crippen LogP) is 5.43. The van der Waals surface area contributed by atoms with Crippen LogP contribution in [0.15, 0.2) is 60.7 Å². The molecule has 0 heterocycles. The van der Waals surface area contributed by atoms with Crippen molar-refractivity contribution in [3.8, 4) is 0 Å². The number of carbonyl (C=O) groups is 2. The summed E-state index contributed by atoms with van der Waals surface area (Å²) in [5, 5.41) is 0. The molecule has 2 aromatic rings. The monoisotopic (exact) mass is 445 g/mol. The molecule has 2 rings (SSSR count). The molecule has 31 heavy (non-hydrogen) atoms. The van der Waals surface area contributed by atoms with Crippen molar-refractivity contribution >= 4 is 20.0 Å². The van der Waals surface area contributed by atoms with Crippen LogP contribution in [0.1, 0.15) is 43.7 Å². The fourth-order valence-corrected chi connectivity index (χ4v) is 3.91. The summed E-state index contributed by atoms with van der Waals surface area (Å²) in [6, 6.07) is 18.7. The van der Waals surface area contributed by atoms with Crippen LogP contribution in [0.4, 0.5) is 0 Å². The van der Waals surface area contributed by atoms with Gasteiger partial charge < -0.3 is 9.47 Å². The zero-order chi connectivity index (χ0) is 22.3. The highest BCUT2D eigenvalue weighted by atomic mass is 31.1. The van der Waals surface area contributed by atoms with Crippen LogP contribution >= 0.6 is 8.03 Å².